The van der Waals surface area contributed by atoms with Crippen LogP contribution in [0.5, 0.6) is 11.6 Å². The van der Waals surface area contributed by atoms with Crippen LogP contribution < -0.4 is 15.4 Å². The minimum Gasteiger partial charge on any atom is -0.437 e. The standard InChI is InChI=1S/C29H28N6OS/c1-18-13-22(16-31)14-19(2)26(18)36-28-27-25(11-12-37-27)34-29(35-28)33-24-9-7-23(8-10-24)32-17-21-5-3-20(15-30)4-6-21/h3-6,11-14,23-24,32H,7-10,17H2,1-2H3,(H,33,34,35). The van der Waals surface area contributed by atoms with E-state index in [-0.39, 0.29) is 0 Å². The van der Waals surface area contributed by atoms with Crippen LogP contribution in [0.4, 0.5) is 5.95 Å². The summed E-state index contributed by atoms with van der Waals surface area (Å²) in [6.45, 7) is 4.70. The molecule has 0 spiro atoms. The molecule has 2 N–H and O–H groups in total. The molecule has 1 aliphatic rings. The van der Waals surface area contributed by atoms with E-state index < -0.39 is 0 Å². The van der Waals surface area contributed by atoms with Crippen molar-refractivity contribution in [1.29, 1.82) is 10.5 Å². The number of aromatic nitrogens is 2. The summed E-state index contributed by atoms with van der Waals surface area (Å²) in [4.78, 5) is 9.50. The number of hydrogen-bond acceptors (Lipinski definition) is 8. The van der Waals surface area contributed by atoms with Gasteiger partial charge >= 0.3 is 0 Å². The number of benzene rings is 2. The summed E-state index contributed by atoms with van der Waals surface area (Å²) in [6, 6.07) is 18.5. The van der Waals surface area contributed by atoms with Crippen LogP contribution in [0.25, 0.3) is 10.2 Å². The van der Waals surface area contributed by atoms with Crippen molar-refractivity contribution >= 4 is 27.5 Å². The molecule has 0 atom stereocenters. The van der Waals surface area contributed by atoms with E-state index in [1.807, 2.05) is 61.7 Å². The lowest BCUT2D eigenvalue weighted by atomic mass is 9.91. The maximum absolute atomic E-state index is 9.26. The number of hydrogen-bond donors (Lipinski definition) is 2. The second-order valence-corrected chi connectivity index (χ2v) is 10.4. The van der Waals surface area contributed by atoms with Crippen molar-refractivity contribution in [2.75, 3.05) is 5.32 Å². The number of thiophene rings is 1. The minimum absolute atomic E-state index is 0.301. The number of rotatable bonds is 7. The van der Waals surface area contributed by atoms with Gasteiger partial charge in [-0.15, -0.1) is 11.3 Å². The summed E-state index contributed by atoms with van der Waals surface area (Å²) in [5.74, 6) is 1.85. The number of nitriles is 2. The number of nitrogens with one attached hydrogen (secondary N) is 2. The third-order valence-corrected chi connectivity index (χ3v) is 7.69. The molecule has 1 fully saturated rings. The van der Waals surface area contributed by atoms with Crippen molar-refractivity contribution in [3.05, 3.63) is 75.7 Å². The zero-order valence-electron chi connectivity index (χ0n) is 20.9. The summed E-state index contributed by atoms with van der Waals surface area (Å²) in [5, 5.41) is 27.4. The van der Waals surface area contributed by atoms with Crippen molar-refractivity contribution in [3.8, 4) is 23.8 Å². The first-order valence-corrected chi connectivity index (χ1v) is 13.3. The van der Waals surface area contributed by atoms with Crippen LogP contribution >= 0.6 is 11.3 Å². The molecular formula is C29H28N6OS. The molecule has 7 nitrogen and oxygen atoms in total. The Bertz CT molecular complexity index is 1470. The van der Waals surface area contributed by atoms with Gasteiger partial charge in [-0.05, 0) is 91.9 Å². The second-order valence-electron chi connectivity index (χ2n) is 9.52. The highest BCUT2D eigenvalue weighted by Crippen LogP contribution is 2.36. The number of ether oxygens (including phenoxy) is 1. The molecule has 186 valence electrons. The maximum Gasteiger partial charge on any atom is 0.242 e. The highest BCUT2D eigenvalue weighted by atomic mass is 32.1. The SMILES string of the molecule is Cc1cc(C#N)cc(C)c1Oc1nc(NC2CCC(NCc3ccc(C#N)cc3)CC2)nc2ccsc12. The number of aryl methyl sites for hydroxylation is 2. The van der Waals surface area contributed by atoms with Gasteiger partial charge < -0.3 is 15.4 Å². The average molecular weight is 509 g/mol. The zero-order chi connectivity index (χ0) is 25.8. The summed E-state index contributed by atoms with van der Waals surface area (Å²) in [7, 11) is 0. The van der Waals surface area contributed by atoms with Crippen molar-refractivity contribution < 1.29 is 4.74 Å². The summed E-state index contributed by atoms with van der Waals surface area (Å²) in [6.07, 6.45) is 4.20. The van der Waals surface area contributed by atoms with E-state index >= 15 is 0 Å². The largest absolute Gasteiger partial charge is 0.437 e. The maximum atomic E-state index is 9.26. The molecule has 2 heterocycles. The van der Waals surface area contributed by atoms with Gasteiger partial charge in [0, 0.05) is 18.6 Å². The van der Waals surface area contributed by atoms with Crippen LogP contribution in [-0.2, 0) is 6.54 Å². The molecule has 5 rings (SSSR count). The molecule has 0 bridgehead atoms. The van der Waals surface area contributed by atoms with E-state index in [0.717, 1.165) is 59.3 Å². The van der Waals surface area contributed by atoms with Gasteiger partial charge in [0.05, 0.1) is 28.8 Å². The van der Waals surface area contributed by atoms with E-state index in [9.17, 15) is 5.26 Å². The molecule has 0 amide bonds. The second kappa shape index (κ2) is 11.0. The van der Waals surface area contributed by atoms with Gasteiger partial charge in [-0.3, -0.25) is 0 Å². The zero-order valence-corrected chi connectivity index (χ0v) is 21.7. The Morgan fingerprint density at radius 1 is 0.919 bits per heavy atom. The summed E-state index contributed by atoms with van der Waals surface area (Å²) < 4.78 is 7.24. The molecule has 2 aromatic heterocycles. The van der Waals surface area contributed by atoms with Gasteiger partial charge in [0.15, 0.2) is 0 Å². The van der Waals surface area contributed by atoms with Crippen LogP contribution in [0, 0.1) is 36.5 Å². The highest BCUT2D eigenvalue weighted by molar-refractivity contribution is 7.17. The predicted octanol–water partition coefficient (Wildman–Crippen LogP) is 6.36. The Morgan fingerprint density at radius 3 is 2.27 bits per heavy atom. The quantitative estimate of drug-likeness (QED) is 0.299. The Labute approximate surface area is 220 Å². The van der Waals surface area contributed by atoms with E-state index in [1.54, 1.807) is 11.3 Å². The Balaban J connectivity index is 1.23. The van der Waals surface area contributed by atoms with E-state index in [4.69, 9.17) is 20.0 Å². The van der Waals surface area contributed by atoms with Gasteiger partial charge in [0.25, 0.3) is 0 Å². The first-order valence-electron chi connectivity index (χ1n) is 12.5. The van der Waals surface area contributed by atoms with Crippen molar-refractivity contribution in [3.63, 3.8) is 0 Å². The van der Waals surface area contributed by atoms with Gasteiger partial charge in [0.1, 0.15) is 10.4 Å². The molecule has 0 saturated heterocycles. The molecule has 4 aromatic rings. The fourth-order valence-electron chi connectivity index (χ4n) is 4.83. The molecule has 1 saturated carbocycles. The highest BCUT2D eigenvalue weighted by Gasteiger charge is 2.22. The summed E-state index contributed by atoms with van der Waals surface area (Å²) in [5.41, 5.74) is 5.17. The van der Waals surface area contributed by atoms with Crippen molar-refractivity contribution in [2.45, 2.75) is 58.2 Å². The molecule has 37 heavy (non-hydrogen) atoms. The first-order chi connectivity index (χ1) is 18.0. The molecule has 0 unspecified atom stereocenters. The van der Waals surface area contributed by atoms with E-state index in [2.05, 4.69) is 22.8 Å². The van der Waals surface area contributed by atoms with Crippen molar-refractivity contribution in [1.82, 2.24) is 15.3 Å². The lowest BCUT2D eigenvalue weighted by molar-refractivity contribution is 0.352. The lowest BCUT2D eigenvalue weighted by Gasteiger charge is -2.30. The van der Waals surface area contributed by atoms with Crippen LogP contribution in [0.15, 0.2) is 47.8 Å². The van der Waals surface area contributed by atoms with Crippen molar-refractivity contribution in [2.24, 2.45) is 0 Å². The molecule has 0 radical (unpaired) electrons. The van der Waals surface area contributed by atoms with Crippen LogP contribution in [0.2, 0.25) is 0 Å². The topological polar surface area (TPSA) is 107 Å². The molecule has 1 aliphatic carbocycles. The third kappa shape index (κ3) is 5.72. The summed E-state index contributed by atoms with van der Waals surface area (Å²) >= 11 is 1.56. The van der Waals surface area contributed by atoms with Crippen LogP contribution in [0.3, 0.4) is 0 Å². The van der Waals surface area contributed by atoms with Gasteiger partial charge in [-0.25, -0.2) is 4.98 Å². The Kier molecular flexibility index (Phi) is 7.32. The smallest absolute Gasteiger partial charge is 0.242 e. The Morgan fingerprint density at radius 2 is 1.59 bits per heavy atom. The molecule has 8 heteroatoms. The monoisotopic (exact) mass is 508 g/mol. The number of nitrogens with zero attached hydrogens (tertiary/aromatic N) is 4. The van der Waals surface area contributed by atoms with Crippen LogP contribution in [-0.4, -0.2) is 22.1 Å². The minimum atomic E-state index is 0.301. The average Bonchev–Trinajstić information content (AvgIpc) is 3.39. The molecular weight excluding hydrogens is 480 g/mol. The molecule has 0 aliphatic heterocycles. The van der Waals surface area contributed by atoms with Gasteiger partial charge in [-0.2, -0.15) is 15.5 Å². The number of fused-ring (bicyclic) bond motifs is 1. The fraction of sp³-hybridized carbons (Fsp3) is 0.310. The third-order valence-electron chi connectivity index (χ3n) is 6.80. The number of anilines is 1. The Hall–Kier alpha value is -3.98. The van der Waals surface area contributed by atoms with Gasteiger partial charge in [0.2, 0.25) is 11.8 Å². The fourth-order valence-corrected chi connectivity index (χ4v) is 5.58. The molecule has 2 aromatic carbocycles. The normalized spacial score (nSPS) is 17.2. The predicted molar refractivity (Wildman–Crippen MR) is 146 cm³/mol. The van der Waals surface area contributed by atoms with Gasteiger partial charge in [-0.1, -0.05) is 12.1 Å². The van der Waals surface area contributed by atoms with E-state index in [0.29, 0.717) is 35.0 Å². The van der Waals surface area contributed by atoms with Crippen LogP contribution in [0.1, 0.15) is 53.5 Å². The van der Waals surface area contributed by atoms with E-state index in [1.165, 1.54) is 5.56 Å². The first kappa shape index (κ1) is 24.7. The lowest BCUT2D eigenvalue weighted by Crippen LogP contribution is -2.36.